The number of furan rings is 1. The third kappa shape index (κ3) is 4.72. The maximum atomic E-state index is 12.0. The number of hydrogen-bond donors (Lipinski definition) is 1. The highest BCUT2D eigenvalue weighted by atomic mass is 127. The Hall–Kier alpha value is -2.72. The summed E-state index contributed by atoms with van der Waals surface area (Å²) in [5.74, 6) is 0.484. The van der Waals surface area contributed by atoms with E-state index in [1.807, 2.05) is 6.07 Å². The summed E-state index contributed by atoms with van der Waals surface area (Å²) in [4.78, 5) is 22.3. The number of hydrazone groups is 1. The summed E-state index contributed by atoms with van der Waals surface area (Å²) in [5.41, 5.74) is 3.34. The zero-order valence-corrected chi connectivity index (χ0v) is 16.5. The van der Waals surface area contributed by atoms with Gasteiger partial charge in [-0.1, -0.05) is 17.7 Å². The van der Waals surface area contributed by atoms with Crippen LogP contribution in [0, 0.1) is 13.7 Å². The second kappa shape index (κ2) is 8.31. The third-order valence-corrected chi connectivity index (χ3v) is 4.48. The van der Waals surface area contributed by atoms with E-state index in [9.17, 15) is 14.9 Å². The summed E-state index contributed by atoms with van der Waals surface area (Å²) >= 11 is 8.21. The van der Waals surface area contributed by atoms with Crippen molar-refractivity contribution >= 4 is 52.0 Å². The smallest absolute Gasteiger partial charge is 0.271 e. The van der Waals surface area contributed by atoms with Crippen molar-refractivity contribution in [3.8, 4) is 11.3 Å². The van der Waals surface area contributed by atoms with Crippen molar-refractivity contribution in [3.05, 3.63) is 84.6 Å². The number of non-ortho nitro benzene ring substituents is 1. The molecule has 0 atom stereocenters. The fourth-order valence-electron chi connectivity index (χ4n) is 2.23. The number of nitro benzene ring substituents is 1. The van der Waals surface area contributed by atoms with E-state index in [0.29, 0.717) is 22.6 Å². The average Bonchev–Trinajstić information content (AvgIpc) is 3.10. The molecule has 0 bridgehead atoms. The molecule has 0 radical (unpaired) electrons. The molecule has 1 N–H and O–H groups in total. The molecule has 0 spiro atoms. The minimum absolute atomic E-state index is 0.102. The Morgan fingerprint density at radius 2 is 2.04 bits per heavy atom. The molecule has 27 heavy (non-hydrogen) atoms. The maximum absolute atomic E-state index is 12.0. The third-order valence-electron chi connectivity index (χ3n) is 3.50. The van der Waals surface area contributed by atoms with Crippen LogP contribution < -0.4 is 5.43 Å². The first-order valence-electron chi connectivity index (χ1n) is 7.57. The number of rotatable bonds is 5. The van der Waals surface area contributed by atoms with E-state index in [1.165, 1.54) is 24.4 Å². The second-order valence-corrected chi connectivity index (χ2v) is 6.99. The molecule has 0 saturated carbocycles. The lowest BCUT2D eigenvalue weighted by atomic mass is 10.1. The highest BCUT2D eigenvalue weighted by Gasteiger charge is 2.13. The molecule has 0 saturated heterocycles. The van der Waals surface area contributed by atoms with Crippen LogP contribution >= 0.6 is 34.2 Å². The summed E-state index contributed by atoms with van der Waals surface area (Å²) < 4.78 is 6.55. The van der Waals surface area contributed by atoms with Crippen molar-refractivity contribution in [3.63, 3.8) is 0 Å². The maximum Gasteiger partial charge on any atom is 0.271 e. The lowest BCUT2D eigenvalue weighted by Gasteiger charge is -2.01. The molecule has 7 nitrogen and oxygen atoms in total. The van der Waals surface area contributed by atoms with Crippen LogP contribution in [0.1, 0.15) is 16.1 Å². The topological polar surface area (TPSA) is 97.7 Å². The number of halogens is 2. The highest BCUT2D eigenvalue weighted by molar-refractivity contribution is 14.1. The number of nitrogens with zero attached hydrogens (tertiary/aromatic N) is 2. The quantitative estimate of drug-likeness (QED) is 0.236. The van der Waals surface area contributed by atoms with Gasteiger partial charge in [-0.3, -0.25) is 14.9 Å². The van der Waals surface area contributed by atoms with Crippen molar-refractivity contribution in [1.82, 2.24) is 5.43 Å². The zero-order chi connectivity index (χ0) is 19.4. The van der Waals surface area contributed by atoms with Crippen molar-refractivity contribution in [2.75, 3.05) is 0 Å². The van der Waals surface area contributed by atoms with Crippen molar-refractivity contribution in [1.29, 1.82) is 0 Å². The van der Waals surface area contributed by atoms with Crippen molar-refractivity contribution in [2.24, 2.45) is 5.10 Å². The monoisotopic (exact) mass is 495 g/mol. The van der Waals surface area contributed by atoms with Crippen LogP contribution in [0.2, 0.25) is 5.02 Å². The normalized spacial score (nSPS) is 10.9. The van der Waals surface area contributed by atoms with Crippen LogP contribution in [0.4, 0.5) is 5.69 Å². The highest BCUT2D eigenvalue weighted by Crippen LogP contribution is 2.32. The van der Waals surface area contributed by atoms with Gasteiger partial charge in [-0.15, -0.1) is 0 Å². The van der Waals surface area contributed by atoms with E-state index in [4.69, 9.17) is 16.0 Å². The Balaban J connectivity index is 1.70. The molecule has 3 aromatic rings. The van der Waals surface area contributed by atoms with Crippen LogP contribution in [0.5, 0.6) is 0 Å². The van der Waals surface area contributed by atoms with E-state index in [-0.39, 0.29) is 16.6 Å². The van der Waals surface area contributed by atoms with Crippen molar-refractivity contribution in [2.45, 2.75) is 0 Å². The Kier molecular flexibility index (Phi) is 5.87. The summed E-state index contributed by atoms with van der Waals surface area (Å²) in [6.07, 6.45) is 1.36. The molecule has 1 amide bonds. The lowest BCUT2D eigenvalue weighted by molar-refractivity contribution is -0.384. The van der Waals surface area contributed by atoms with E-state index < -0.39 is 4.92 Å². The molecule has 9 heteroatoms. The SMILES string of the molecule is O=C(NN=Cc1ccc(-c2ccc([N+](=O)[O-])cc2Cl)o1)c1cccc(I)c1. The molecule has 0 fully saturated rings. The van der Waals surface area contributed by atoms with Crippen LogP contribution in [0.25, 0.3) is 11.3 Å². The Labute approximate surface area is 172 Å². The molecule has 0 aliphatic heterocycles. The second-order valence-electron chi connectivity index (χ2n) is 5.33. The fraction of sp³-hybridized carbons (Fsp3) is 0. The van der Waals surface area contributed by atoms with Gasteiger partial charge >= 0.3 is 0 Å². The Morgan fingerprint density at radius 1 is 1.22 bits per heavy atom. The minimum atomic E-state index is -0.522. The van der Waals surface area contributed by atoms with Gasteiger partial charge in [-0.05, 0) is 59.0 Å². The van der Waals surface area contributed by atoms with E-state index in [0.717, 1.165) is 3.57 Å². The molecule has 0 unspecified atom stereocenters. The molecular weight excluding hydrogens is 485 g/mol. The van der Waals surface area contributed by atoms with Gasteiger partial charge in [0.1, 0.15) is 11.5 Å². The molecule has 1 aromatic heterocycles. The number of nitrogens with one attached hydrogen (secondary N) is 1. The van der Waals surface area contributed by atoms with Crippen LogP contribution in [0.15, 0.2) is 64.1 Å². The van der Waals surface area contributed by atoms with Gasteiger partial charge in [0.05, 0.1) is 16.2 Å². The number of amides is 1. The summed E-state index contributed by atoms with van der Waals surface area (Å²) in [5, 5.41) is 14.8. The predicted molar refractivity (Wildman–Crippen MR) is 110 cm³/mol. The molecule has 136 valence electrons. The lowest BCUT2D eigenvalue weighted by Crippen LogP contribution is -2.17. The van der Waals surface area contributed by atoms with Gasteiger partial charge in [0, 0.05) is 26.8 Å². The largest absolute Gasteiger partial charge is 0.455 e. The number of benzene rings is 2. The van der Waals surface area contributed by atoms with E-state index in [2.05, 4.69) is 33.1 Å². The molecular formula is C18H11ClIN3O4. The van der Waals surface area contributed by atoms with Crippen LogP contribution in [-0.2, 0) is 0 Å². The summed E-state index contributed by atoms with van der Waals surface area (Å²) in [7, 11) is 0. The molecule has 2 aromatic carbocycles. The number of nitro groups is 1. The Bertz CT molecular complexity index is 1050. The first kappa shape index (κ1) is 19.1. The van der Waals surface area contributed by atoms with Gasteiger partial charge in [0.2, 0.25) is 0 Å². The first-order valence-corrected chi connectivity index (χ1v) is 9.03. The zero-order valence-electron chi connectivity index (χ0n) is 13.6. The first-order chi connectivity index (χ1) is 12.9. The molecule has 3 rings (SSSR count). The van der Waals surface area contributed by atoms with Gasteiger partial charge in [-0.25, -0.2) is 5.43 Å². The summed E-state index contributed by atoms with van der Waals surface area (Å²) in [6.45, 7) is 0. The van der Waals surface area contributed by atoms with E-state index in [1.54, 1.807) is 30.3 Å². The molecule has 0 aliphatic rings. The van der Waals surface area contributed by atoms with Gasteiger partial charge < -0.3 is 4.42 Å². The van der Waals surface area contributed by atoms with Gasteiger partial charge in [0.25, 0.3) is 11.6 Å². The minimum Gasteiger partial charge on any atom is -0.455 e. The number of carbonyl (C=O) groups is 1. The Morgan fingerprint density at radius 3 is 2.74 bits per heavy atom. The van der Waals surface area contributed by atoms with Gasteiger partial charge in [-0.2, -0.15) is 5.10 Å². The van der Waals surface area contributed by atoms with Gasteiger partial charge in [0.15, 0.2) is 0 Å². The number of carbonyl (C=O) groups excluding carboxylic acids is 1. The van der Waals surface area contributed by atoms with E-state index >= 15 is 0 Å². The van der Waals surface area contributed by atoms with Crippen LogP contribution in [-0.4, -0.2) is 17.0 Å². The molecule has 0 aliphatic carbocycles. The molecule has 1 heterocycles. The standard InChI is InChI=1S/C18H11ClIN3O4/c19-16-9-13(23(25)26)4-6-15(16)17-7-5-14(27-17)10-21-22-18(24)11-2-1-3-12(20)8-11/h1-10H,(H,22,24). The average molecular weight is 496 g/mol. The summed E-state index contributed by atoms with van der Waals surface area (Å²) in [6, 6.07) is 14.5. The fourth-order valence-corrected chi connectivity index (χ4v) is 3.04. The predicted octanol–water partition coefficient (Wildman–Crippen LogP) is 4.88. The number of hydrogen-bond acceptors (Lipinski definition) is 5. The van der Waals surface area contributed by atoms with Crippen LogP contribution in [0.3, 0.4) is 0 Å². The van der Waals surface area contributed by atoms with Crippen molar-refractivity contribution < 1.29 is 14.1 Å².